The molecule has 0 aromatic heterocycles. The van der Waals surface area contributed by atoms with Gasteiger partial charge in [0.05, 0.1) is 17.5 Å². The molecule has 2 atom stereocenters. The van der Waals surface area contributed by atoms with Crippen LogP contribution < -0.4 is 4.90 Å². The fraction of sp³-hybridized carbons (Fsp3) is 0.500. The third-order valence-corrected chi connectivity index (χ3v) is 6.07. The highest BCUT2D eigenvalue weighted by molar-refractivity contribution is 6.22. The van der Waals surface area contributed by atoms with Gasteiger partial charge in [0.15, 0.2) is 0 Å². The molecule has 0 bridgehead atoms. The van der Waals surface area contributed by atoms with Crippen LogP contribution in [0.25, 0.3) is 0 Å². The highest BCUT2D eigenvalue weighted by Gasteiger charge is 2.48. The predicted octanol–water partition coefficient (Wildman–Crippen LogP) is 3.55. The number of fused-ring (bicyclic) bond motifs is 1. The van der Waals surface area contributed by atoms with E-state index in [0.29, 0.717) is 24.1 Å². The summed E-state index contributed by atoms with van der Waals surface area (Å²) in [4.78, 5) is 41.9. The van der Waals surface area contributed by atoms with Crippen LogP contribution in [-0.2, 0) is 9.59 Å². The summed E-state index contributed by atoms with van der Waals surface area (Å²) in [5.74, 6) is -0.781. The summed E-state index contributed by atoms with van der Waals surface area (Å²) in [5, 5.41) is 0. The van der Waals surface area contributed by atoms with Crippen LogP contribution in [0, 0.1) is 11.8 Å². The minimum Gasteiger partial charge on any atom is -0.339 e. The van der Waals surface area contributed by atoms with Gasteiger partial charge in [-0.1, -0.05) is 30.6 Å². The number of imide groups is 1. The molecule has 0 unspecified atom stereocenters. The lowest BCUT2D eigenvalue weighted by atomic mass is 9.82. The molecule has 2 aliphatic heterocycles. The summed E-state index contributed by atoms with van der Waals surface area (Å²) in [5.41, 5.74) is 2.25. The quantitative estimate of drug-likeness (QED) is 0.594. The van der Waals surface area contributed by atoms with Gasteiger partial charge in [-0.3, -0.25) is 19.3 Å². The van der Waals surface area contributed by atoms with Gasteiger partial charge in [0.1, 0.15) is 0 Å². The summed E-state index contributed by atoms with van der Waals surface area (Å²) in [6.45, 7) is 3.57. The Labute approximate surface area is 160 Å². The van der Waals surface area contributed by atoms with E-state index < -0.39 is 0 Å². The van der Waals surface area contributed by atoms with E-state index in [4.69, 9.17) is 0 Å². The maximum Gasteiger partial charge on any atom is 0.253 e. The number of hydrogen-bond donors (Lipinski definition) is 0. The molecule has 0 spiro atoms. The molecule has 142 valence electrons. The Bertz CT molecular complexity index is 806. The van der Waals surface area contributed by atoms with Crippen LogP contribution in [0.15, 0.2) is 35.9 Å². The summed E-state index contributed by atoms with van der Waals surface area (Å²) >= 11 is 0. The van der Waals surface area contributed by atoms with Crippen molar-refractivity contribution in [2.45, 2.75) is 45.4 Å². The van der Waals surface area contributed by atoms with E-state index in [2.05, 4.69) is 6.08 Å². The van der Waals surface area contributed by atoms with E-state index >= 15 is 0 Å². The van der Waals surface area contributed by atoms with Crippen LogP contribution in [0.4, 0.5) is 5.69 Å². The summed E-state index contributed by atoms with van der Waals surface area (Å²) < 4.78 is 0. The second kappa shape index (κ2) is 7.29. The van der Waals surface area contributed by atoms with Gasteiger partial charge in [0, 0.05) is 18.7 Å². The number of anilines is 1. The van der Waals surface area contributed by atoms with Gasteiger partial charge in [0.2, 0.25) is 11.8 Å². The predicted molar refractivity (Wildman–Crippen MR) is 103 cm³/mol. The average molecular weight is 366 g/mol. The lowest BCUT2D eigenvalue weighted by Crippen LogP contribution is -2.33. The lowest BCUT2D eigenvalue weighted by Gasteiger charge is -2.21. The van der Waals surface area contributed by atoms with Gasteiger partial charge in [-0.2, -0.15) is 0 Å². The van der Waals surface area contributed by atoms with E-state index in [0.717, 1.165) is 38.8 Å². The molecule has 27 heavy (non-hydrogen) atoms. The third-order valence-electron chi connectivity index (χ3n) is 6.07. The zero-order valence-electron chi connectivity index (χ0n) is 15.8. The Kier molecular flexibility index (Phi) is 4.85. The highest BCUT2D eigenvalue weighted by atomic mass is 16.2. The number of benzene rings is 1. The van der Waals surface area contributed by atoms with Crippen molar-refractivity contribution >= 4 is 23.4 Å². The average Bonchev–Trinajstić information content (AvgIpc) is 2.87. The standard InChI is InChI=1S/C22H26N2O3/c1-15-9-10-18-19(13-15)22(27)24(21(18)26)17-8-6-7-16(14-17)20(25)23-11-4-2-3-5-12-23/h6-9,14,18-19H,2-5,10-13H2,1H3/t18-,19-/m0/s1. The number of carbonyl (C=O) groups is 3. The molecule has 0 N–H and O–H groups in total. The van der Waals surface area contributed by atoms with E-state index in [1.807, 2.05) is 11.8 Å². The Hall–Kier alpha value is -2.43. The molecule has 2 fully saturated rings. The smallest absolute Gasteiger partial charge is 0.253 e. The van der Waals surface area contributed by atoms with Crippen molar-refractivity contribution in [1.82, 2.24) is 4.90 Å². The second-order valence-electron chi connectivity index (χ2n) is 7.97. The molecule has 3 aliphatic rings. The molecule has 3 amide bonds. The van der Waals surface area contributed by atoms with Gasteiger partial charge in [0.25, 0.3) is 5.91 Å². The van der Waals surface area contributed by atoms with Crippen LogP contribution in [-0.4, -0.2) is 35.7 Å². The lowest BCUT2D eigenvalue weighted by molar-refractivity contribution is -0.122. The first-order valence-electron chi connectivity index (χ1n) is 9.99. The number of rotatable bonds is 2. The van der Waals surface area contributed by atoms with Crippen LogP contribution in [0.1, 0.15) is 55.8 Å². The van der Waals surface area contributed by atoms with Gasteiger partial charge in [-0.15, -0.1) is 0 Å². The highest BCUT2D eigenvalue weighted by Crippen LogP contribution is 2.39. The molecule has 5 heteroatoms. The van der Waals surface area contributed by atoms with E-state index in [-0.39, 0.29) is 29.6 Å². The van der Waals surface area contributed by atoms with Crippen LogP contribution in [0.2, 0.25) is 0 Å². The Morgan fingerprint density at radius 1 is 1.00 bits per heavy atom. The fourth-order valence-corrected chi connectivity index (χ4v) is 4.53. The van der Waals surface area contributed by atoms with Gasteiger partial charge in [-0.05, 0) is 50.8 Å². The number of nitrogens with zero attached hydrogens (tertiary/aromatic N) is 2. The SMILES string of the molecule is CC1=CC[C@@H]2C(=O)N(c3cccc(C(=O)N4CCCCCC4)c3)C(=O)[C@H]2C1. The molecule has 5 nitrogen and oxygen atoms in total. The molecular formula is C22H26N2O3. The Morgan fingerprint density at radius 2 is 1.70 bits per heavy atom. The monoisotopic (exact) mass is 366 g/mol. The van der Waals surface area contributed by atoms with Crippen LogP contribution in [0.3, 0.4) is 0 Å². The number of hydrogen-bond acceptors (Lipinski definition) is 3. The maximum atomic E-state index is 12.9. The van der Waals surface area contributed by atoms with E-state index in [1.54, 1.807) is 24.3 Å². The Balaban J connectivity index is 1.58. The second-order valence-corrected chi connectivity index (χ2v) is 7.97. The molecular weight excluding hydrogens is 340 g/mol. The van der Waals surface area contributed by atoms with Crippen LogP contribution in [0.5, 0.6) is 0 Å². The first kappa shape index (κ1) is 18.0. The Morgan fingerprint density at radius 3 is 2.44 bits per heavy atom. The van der Waals surface area contributed by atoms with Gasteiger partial charge in [-0.25, -0.2) is 0 Å². The zero-order chi connectivity index (χ0) is 19.0. The maximum absolute atomic E-state index is 12.9. The number of amides is 3. The van der Waals surface area contributed by atoms with Crippen molar-refractivity contribution < 1.29 is 14.4 Å². The molecule has 2 heterocycles. The normalized spacial score (nSPS) is 25.9. The van der Waals surface area contributed by atoms with Crippen molar-refractivity contribution in [2.24, 2.45) is 11.8 Å². The zero-order valence-corrected chi connectivity index (χ0v) is 15.8. The molecule has 2 saturated heterocycles. The third kappa shape index (κ3) is 3.31. The van der Waals surface area contributed by atoms with Gasteiger partial charge >= 0.3 is 0 Å². The fourth-order valence-electron chi connectivity index (χ4n) is 4.53. The summed E-state index contributed by atoms with van der Waals surface area (Å²) in [6, 6.07) is 7.01. The van der Waals surface area contributed by atoms with Crippen molar-refractivity contribution in [1.29, 1.82) is 0 Å². The van der Waals surface area contributed by atoms with E-state index in [9.17, 15) is 14.4 Å². The molecule has 1 aromatic carbocycles. The van der Waals surface area contributed by atoms with E-state index in [1.165, 1.54) is 10.5 Å². The topological polar surface area (TPSA) is 57.7 Å². The summed E-state index contributed by atoms with van der Waals surface area (Å²) in [6.07, 6.45) is 7.74. The summed E-state index contributed by atoms with van der Waals surface area (Å²) in [7, 11) is 0. The number of carbonyl (C=O) groups excluding carboxylic acids is 3. The van der Waals surface area contributed by atoms with Crippen LogP contribution >= 0.6 is 0 Å². The molecule has 0 radical (unpaired) electrons. The molecule has 1 aliphatic carbocycles. The first-order valence-corrected chi connectivity index (χ1v) is 9.99. The largest absolute Gasteiger partial charge is 0.339 e. The first-order chi connectivity index (χ1) is 13.1. The van der Waals surface area contributed by atoms with Crippen molar-refractivity contribution in [3.63, 3.8) is 0 Å². The minimum absolute atomic E-state index is 0.00669. The number of likely N-dealkylation sites (tertiary alicyclic amines) is 1. The molecule has 1 aromatic rings. The van der Waals surface area contributed by atoms with Crippen molar-refractivity contribution in [3.8, 4) is 0 Å². The minimum atomic E-state index is -0.258. The molecule has 0 saturated carbocycles. The molecule has 4 rings (SSSR count). The van der Waals surface area contributed by atoms with Gasteiger partial charge < -0.3 is 4.90 Å². The number of allylic oxidation sites excluding steroid dienone is 2. The van der Waals surface area contributed by atoms with Crippen molar-refractivity contribution in [2.75, 3.05) is 18.0 Å². The van der Waals surface area contributed by atoms with Crippen molar-refractivity contribution in [3.05, 3.63) is 41.5 Å².